The maximum Gasteiger partial charge on any atom is 0.490 e. The zero-order valence-electron chi connectivity index (χ0n) is 26.7. The minimum Gasteiger partial charge on any atom is -0.475 e. The summed E-state index contributed by atoms with van der Waals surface area (Å²) in [6.07, 6.45) is 0.371. The molecule has 1 aromatic carbocycles. The number of hydrogen-bond acceptors (Lipinski definition) is 9. The maximum atomic E-state index is 15.6. The smallest absolute Gasteiger partial charge is 0.475 e. The van der Waals surface area contributed by atoms with Crippen molar-refractivity contribution in [2.45, 2.75) is 31.7 Å². The molecule has 17 heteroatoms. The number of alkyl halides is 4. The predicted octanol–water partition coefficient (Wildman–Crippen LogP) is 2.68. The van der Waals surface area contributed by atoms with Gasteiger partial charge in [0.1, 0.15) is 11.7 Å². The Balaban J connectivity index is 0.000000540. The van der Waals surface area contributed by atoms with Crippen LogP contribution in [0.15, 0.2) is 36.8 Å². The summed E-state index contributed by atoms with van der Waals surface area (Å²) in [4.78, 5) is 46.3. The highest BCUT2D eigenvalue weighted by Crippen LogP contribution is 2.36. The van der Waals surface area contributed by atoms with Crippen LogP contribution in [-0.4, -0.2) is 125 Å². The van der Waals surface area contributed by atoms with Crippen molar-refractivity contribution in [3.63, 3.8) is 0 Å². The van der Waals surface area contributed by atoms with Crippen molar-refractivity contribution in [1.82, 2.24) is 29.7 Å². The van der Waals surface area contributed by atoms with Crippen LogP contribution in [0.3, 0.4) is 0 Å². The zero-order valence-corrected chi connectivity index (χ0v) is 26.7. The molecule has 2 aromatic heterocycles. The SMILES string of the molecule is O=C(Nc1cc2c(cc1N1CCOCC1)C(=O)N(C[C@@H](F)C1CCN(CC3CNC3)CC1)C2)c1cnn2cccnc12.O=C(O)C(F)(F)F. The van der Waals surface area contributed by atoms with Crippen molar-refractivity contribution in [3.05, 3.63) is 53.5 Å². The highest BCUT2D eigenvalue weighted by molar-refractivity contribution is 6.10. The van der Waals surface area contributed by atoms with Crippen molar-refractivity contribution >= 4 is 34.8 Å². The number of nitrogens with one attached hydrogen (secondary N) is 2. The quantitative estimate of drug-likeness (QED) is 0.302. The summed E-state index contributed by atoms with van der Waals surface area (Å²) in [5.74, 6) is -2.55. The van der Waals surface area contributed by atoms with Gasteiger partial charge in [-0.25, -0.2) is 18.7 Å². The molecule has 13 nitrogen and oxygen atoms in total. The Hall–Kier alpha value is -4.35. The van der Waals surface area contributed by atoms with E-state index in [2.05, 4.69) is 30.5 Å². The van der Waals surface area contributed by atoms with Gasteiger partial charge >= 0.3 is 12.1 Å². The summed E-state index contributed by atoms with van der Waals surface area (Å²) >= 11 is 0. The second-order valence-electron chi connectivity index (χ2n) is 12.7. The minimum atomic E-state index is -5.08. The Labute approximate surface area is 279 Å². The summed E-state index contributed by atoms with van der Waals surface area (Å²) in [6, 6.07) is 5.48. The number of carboxylic acids is 1. The molecule has 0 unspecified atom stereocenters. The number of carboxylic acid groups (broad SMARTS) is 1. The normalized spacial score (nSPS) is 19.6. The summed E-state index contributed by atoms with van der Waals surface area (Å²) in [5, 5.41) is 17.7. The number of fused-ring (bicyclic) bond motifs is 2. The molecular formula is C32H38F4N8O5. The van der Waals surface area contributed by atoms with E-state index in [1.54, 1.807) is 27.9 Å². The largest absolute Gasteiger partial charge is 0.490 e. The van der Waals surface area contributed by atoms with Gasteiger partial charge in [-0.15, -0.1) is 0 Å². The topological polar surface area (TPSA) is 145 Å². The van der Waals surface area contributed by atoms with Crippen LogP contribution in [0.2, 0.25) is 0 Å². The van der Waals surface area contributed by atoms with E-state index in [0.29, 0.717) is 55.3 Å². The number of aromatic nitrogens is 3. The van der Waals surface area contributed by atoms with E-state index in [0.717, 1.165) is 62.7 Å². The first-order valence-corrected chi connectivity index (χ1v) is 16.2. The number of morpholine rings is 1. The lowest BCUT2D eigenvalue weighted by Gasteiger charge is -2.38. The lowest BCUT2D eigenvalue weighted by Crippen LogP contribution is -2.50. The van der Waals surface area contributed by atoms with Gasteiger partial charge in [-0.05, 0) is 61.5 Å². The first-order valence-electron chi connectivity index (χ1n) is 16.2. The molecule has 0 spiro atoms. The van der Waals surface area contributed by atoms with E-state index in [1.807, 2.05) is 12.1 Å². The van der Waals surface area contributed by atoms with E-state index in [1.165, 1.54) is 6.20 Å². The Bertz CT molecular complexity index is 1670. The second-order valence-corrected chi connectivity index (χ2v) is 12.7. The summed E-state index contributed by atoms with van der Waals surface area (Å²) in [6.45, 7) is 7.91. The van der Waals surface area contributed by atoms with E-state index in [-0.39, 0.29) is 24.3 Å². The monoisotopic (exact) mass is 690 g/mol. The number of ether oxygens (including phenoxy) is 1. The van der Waals surface area contributed by atoms with Crippen molar-refractivity contribution in [3.8, 4) is 0 Å². The highest BCUT2D eigenvalue weighted by Gasteiger charge is 2.38. The van der Waals surface area contributed by atoms with Crippen molar-refractivity contribution in [1.29, 1.82) is 0 Å². The Morgan fingerprint density at radius 1 is 1.12 bits per heavy atom. The number of anilines is 2. The second kappa shape index (κ2) is 14.6. The number of carbonyl (C=O) groups excluding carboxylic acids is 2. The third kappa shape index (κ3) is 7.94. The molecule has 7 rings (SSSR count). The fraction of sp³-hybridized carbons (Fsp3) is 0.531. The van der Waals surface area contributed by atoms with Crippen LogP contribution in [0.4, 0.5) is 28.9 Å². The Morgan fingerprint density at radius 2 is 1.84 bits per heavy atom. The van der Waals surface area contributed by atoms with Gasteiger partial charge in [0.15, 0.2) is 5.65 Å². The summed E-state index contributed by atoms with van der Waals surface area (Å²) in [7, 11) is 0. The van der Waals surface area contributed by atoms with E-state index in [9.17, 15) is 22.8 Å². The molecule has 4 aliphatic rings. The van der Waals surface area contributed by atoms with Crippen LogP contribution in [0.25, 0.3) is 5.65 Å². The molecule has 49 heavy (non-hydrogen) atoms. The lowest BCUT2D eigenvalue weighted by atomic mass is 9.90. The molecule has 2 amide bonds. The van der Waals surface area contributed by atoms with Gasteiger partial charge < -0.3 is 35.2 Å². The van der Waals surface area contributed by atoms with E-state index >= 15 is 4.39 Å². The van der Waals surface area contributed by atoms with Crippen molar-refractivity contribution in [2.75, 3.05) is 75.8 Å². The number of likely N-dealkylation sites (tertiary alicyclic amines) is 1. The zero-order chi connectivity index (χ0) is 34.7. The third-order valence-electron chi connectivity index (χ3n) is 9.39. The molecule has 0 aliphatic carbocycles. The summed E-state index contributed by atoms with van der Waals surface area (Å²) in [5.41, 5.74) is 3.56. The van der Waals surface area contributed by atoms with E-state index in [4.69, 9.17) is 14.6 Å². The third-order valence-corrected chi connectivity index (χ3v) is 9.39. The first kappa shape index (κ1) is 34.5. The number of halogens is 4. The van der Waals surface area contributed by atoms with Crippen LogP contribution in [-0.2, 0) is 16.1 Å². The number of nitrogens with zero attached hydrogens (tertiary/aromatic N) is 6. The van der Waals surface area contributed by atoms with Gasteiger partial charge in [-0.2, -0.15) is 18.3 Å². The number of piperidine rings is 1. The van der Waals surface area contributed by atoms with Gasteiger partial charge in [0.25, 0.3) is 11.8 Å². The van der Waals surface area contributed by atoms with Gasteiger partial charge in [-0.1, -0.05) is 0 Å². The Kier molecular flexibility index (Phi) is 10.3. The fourth-order valence-corrected chi connectivity index (χ4v) is 6.60. The van der Waals surface area contributed by atoms with Gasteiger partial charge in [-0.3, -0.25) is 9.59 Å². The highest BCUT2D eigenvalue weighted by atomic mass is 19.4. The number of aliphatic carboxylic acids is 1. The molecule has 0 saturated carbocycles. The Morgan fingerprint density at radius 3 is 2.49 bits per heavy atom. The van der Waals surface area contributed by atoms with Gasteiger partial charge in [0.2, 0.25) is 0 Å². The number of hydrogen-bond donors (Lipinski definition) is 3. The van der Waals surface area contributed by atoms with E-state index < -0.39 is 18.3 Å². The molecule has 0 radical (unpaired) electrons. The van der Waals surface area contributed by atoms with Gasteiger partial charge in [0.05, 0.1) is 37.3 Å². The molecular weight excluding hydrogens is 652 g/mol. The molecule has 4 aliphatic heterocycles. The molecule has 0 bridgehead atoms. The maximum absolute atomic E-state index is 15.6. The molecule has 1 atom stereocenters. The van der Waals surface area contributed by atoms with Gasteiger partial charge in [0, 0.05) is 57.2 Å². The number of carbonyl (C=O) groups is 3. The van der Waals surface area contributed by atoms with Crippen LogP contribution in [0, 0.1) is 11.8 Å². The van der Waals surface area contributed by atoms with Crippen LogP contribution in [0.1, 0.15) is 39.1 Å². The van der Waals surface area contributed by atoms with Crippen molar-refractivity contribution in [2.24, 2.45) is 11.8 Å². The lowest BCUT2D eigenvalue weighted by molar-refractivity contribution is -0.192. The molecule has 3 saturated heterocycles. The average molecular weight is 691 g/mol. The van der Waals surface area contributed by atoms with Crippen LogP contribution in [0.5, 0.6) is 0 Å². The predicted molar refractivity (Wildman–Crippen MR) is 169 cm³/mol. The molecule has 3 fully saturated rings. The molecule has 6 heterocycles. The average Bonchev–Trinajstić information content (AvgIpc) is 3.63. The molecule has 264 valence electrons. The fourth-order valence-electron chi connectivity index (χ4n) is 6.60. The van der Waals surface area contributed by atoms with Crippen LogP contribution >= 0.6 is 0 Å². The molecule has 3 N–H and O–H groups in total. The number of amides is 2. The van der Waals surface area contributed by atoms with Crippen molar-refractivity contribution < 1.29 is 41.8 Å². The number of rotatable bonds is 8. The van der Waals surface area contributed by atoms with Crippen LogP contribution < -0.4 is 15.5 Å². The minimum absolute atomic E-state index is 0.0319. The summed E-state index contributed by atoms with van der Waals surface area (Å²) < 4.78 is 54.4. The standard InChI is InChI=1S/C30H37FN8O3.C2HF3O2/c31-25(21-2-6-36(7-3-21)17-20-14-32-15-20)19-38-18-22-12-26(27(13-23(22)30(38)41)37-8-10-42-11-9-37)35-29(40)24-16-34-39-5-1-4-33-28(24)39;3-2(4,5)1(6)7/h1,4-5,12-13,16,20-21,25,32H,2-3,6-11,14-15,17-19H2,(H,35,40);(H,6,7)/t25-;/m1./s1. The first-order chi connectivity index (χ1) is 23.5. The number of benzene rings is 1. The molecule has 3 aromatic rings.